The lowest BCUT2D eigenvalue weighted by atomic mass is 9.80. The first-order valence-corrected chi connectivity index (χ1v) is 22.2. The van der Waals surface area contributed by atoms with Crippen molar-refractivity contribution >= 4 is 54.9 Å². The molecule has 0 atom stereocenters. The Morgan fingerprint density at radius 2 is 1.49 bits per heavy atom. The lowest BCUT2D eigenvalue weighted by Gasteiger charge is -2.27. The van der Waals surface area contributed by atoms with Crippen LogP contribution in [0, 0.1) is 13.8 Å². The monoisotopic (exact) mass is 813 g/mol. The molecule has 0 spiro atoms. The number of hydrogen-bond donors (Lipinski definition) is 3. The Morgan fingerprint density at radius 1 is 0.855 bits per heavy atom. The molecule has 0 radical (unpaired) electrons. The van der Waals surface area contributed by atoms with Gasteiger partial charge in [-0.2, -0.15) is 21.4 Å². The van der Waals surface area contributed by atoms with E-state index in [2.05, 4.69) is 48.5 Å². The Labute approximate surface area is 331 Å². The van der Waals surface area contributed by atoms with Crippen LogP contribution in [0.5, 0.6) is 0 Å². The number of aryl methyl sites for hydroxylation is 2. The Bertz CT molecular complexity index is 2280. The average molecular weight is 814 g/mol. The Hall–Kier alpha value is -3.55. The number of rotatable bonds is 14. The molecule has 5 rings (SSSR count). The number of fused-ring (bicyclic) bond motifs is 2. The van der Waals surface area contributed by atoms with Gasteiger partial charge in [-0.15, -0.1) is 0 Å². The van der Waals surface area contributed by atoms with Crippen molar-refractivity contribution in [1.82, 2.24) is 0 Å². The number of unbranched alkanes of at least 4 members (excludes halogenated alkanes) is 3. The maximum Gasteiger partial charge on any atom is 0.303 e. The molecule has 3 N–H and O–H groups in total. The molecule has 2 heterocycles. The van der Waals surface area contributed by atoms with E-state index in [9.17, 15) is 30.7 Å². The molecular weight excluding hydrogens is 760 g/mol. The number of carboxylic acid groups (broad SMARTS) is 1. The van der Waals surface area contributed by atoms with Crippen LogP contribution in [0.3, 0.4) is 0 Å². The van der Waals surface area contributed by atoms with Gasteiger partial charge < -0.3 is 10.0 Å². The van der Waals surface area contributed by atoms with Gasteiger partial charge in [0.25, 0.3) is 20.2 Å². The van der Waals surface area contributed by atoms with Crippen molar-refractivity contribution < 1.29 is 40.4 Å². The summed E-state index contributed by atoms with van der Waals surface area (Å²) in [5, 5.41) is 9.78. The summed E-state index contributed by atoms with van der Waals surface area (Å²) in [6.45, 7) is 15.4. The Morgan fingerprint density at radius 3 is 2.11 bits per heavy atom. The zero-order valence-electron chi connectivity index (χ0n) is 32.9. The molecule has 0 bridgehead atoms. The fourth-order valence-corrected chi connectivity index (χ4v) is 9.82. The number of benzene rings is 2. The first-order chi connectivity index (χ1) is 25.6. The molecule has 10 nitrogen and oxygen atoms in total. The number of hydrogen-bond acceptors (Lipinski definition) is 6. The summed E-state index contributed by atoms with van der Waals surface area (Å²) in [5.41, 5.74) is 7.73. The minimum atomic E-state index is -4.43. The zero-order chi connectivity index (χ0) is 40.7. The quantitative estimate of drug-likeness (QED) is 0.0962. The van der Waals surface area contributed by atoms with E-state index >= 15 is 0 Å². The van der Waals surface area contributed by atoms with Crippen LogP contribution in [0.15, 0.2) is 80.2 Å². The van der Waals surface area contributed by atoms with E-state index in [0.29, 0.717) is 18.0 Å². The maximum atomic E-state index is 12.2. The smallest absolute Gasteiger partial charge is 0.303 e. The highest BCUT2D eigenvalue weighted by Gasteiger charge is 2.46. The minimum absolute atomic E-state index is 0.101. The molecule has 0 amide bonds. The minimum Gasteiger partial charge on any atom is -0.481 e. The van der Waals surface area contributed by atoms with Crippen molar-refractivity contribution in [3.8, 4) is 0 Å². The van der Waals surface area contributed by atoms with Crippen molar-refractivity contribution in [1.29, 1.82) is 0 Å². The van der Waals surface area contributed by atoms with Gasteiger partial charge in [0.05, 0.1) is 15.2 Å². The summed E-state index contributed by atoms with van der Waals surface area (Å²) in [4.78, 5) is 13.1. The number of nitrogens with zero attached hydrogens (tertiary/aromatic N) is 2. The fraction of sp³-hybridized carbons (Fsp3) is 0.476. The van der Waals surface area contributed by atoms with E-state index in [0.717, 1.165) is 108 Å². The van der Waals surface area contributed by atoms with Crippen LogP contribution in [0.4, 0.5) is 11.4 Å². The third-order valence-electron chi connectivity index (χ3n) is 11.2. The lowest BCUT2D eigenvalue weighted by molar-refractivity contribution is -0.438. The van der Waals surface area contributed by atoms with Crippen LogP contribution >= 0.6 is 11.6 Å². The summed E-state index contributed by atoms with van der Waals surface area (Å²) in [6.07, 6.45) is 14.7. The molecule has 2 aromatic carbocycles. The molecule has 1 aliphatic carbocycles. The number of carboxylic acids is 1. The van der Waals surface area contributed by atoms with Crippen molar-refractivity contribution in [3.05, 3.63) is 92.7 Å². The van der Waals surface area contributed by atoms with Crippen molar-refractivity contribution in [2.75, 3.05) is 18.0 Å². The Kier molecular flexibility index (Phi) is 12.5. The van der Waals surface area contributed by atoms with Gasteiger partial charge in [-0.1, -0.05) is 50.9 Å². The average Bonchev–Trinajstić information content (AvgIpc) is 3.43. The highest BCUT2D eigenvalue weighted by molar-refractivity contribution is 7.86. The van der Waals surface area contributed by atoms with Gasteiger partial charge in [-0.25, -0.2) is 0 Å². The molecule has 3 aliphatic rings. The molecule has 0 saturated heterocycles. The lowest BCUT2D eigenvalue weighted by Crippen LogP contribution is -2.28. The molecule has 0 saturated carbocycles. The van der Waals surface area contributed by atoms with Crippen LogP contribution in [-0.2, 0) is 35.9 Å². The number of halogens is 1. The topological polar surface area (TPSA) is 152 Å². The third-order valence-corrected chi connectivity index (χ3v) is 13.4. The molecule has 2 aromatic rings. The van der Waals surface area contributed by atoms with Gasteiger partial charge >= 0.3 is 5.97 Å². The van der Waals surface area contributed by atoms with Gasteiger partial charge in [0.1, 0.15) is 6.54 Å². The second kappa shape index (κ2) is 16.1. The summed E-state index contributed by atoms with van der Waals surface area (Å²) in [6, 6.07) is 6.16. The number of carbonyl (C=O) groups is 1. The zero-order valence-corrected chi connectivity index (χ0v) is 35.3. The summed E-state index contributed by atoms with van der Waals surface area (Å²) < 4.78 is 70.8. The number of allylic oxidation sites excluding steroid dienone is 8. The highest BCUT2D eigenvalue weighted by atomic mass is 35.5. The highest BCUT2D eigenvalue weighted by Crippen LogP contribution is 2.51. The van der Waals surface area contributed by atoms with E-state index in [-0.39, 0.29) is 16.2 Å². The first-order valence-electron chi connectivity index (χ1n) is 19.0. The van der Waals surface area contributed by atoms with Crippen LogP contribution < -0.4 is 4.90 Å². The second-order valence-corrected chi connectivity index (χ2v) is 19.2. The van der Waals surface area contributed by atoms with E-state index in [1.165, 1.54) is 12.1 Å². The van der Waals surface area contributed by atoms with Crippen molar-refractivity contribution in [3.63, 3.8) is 0 Å². The molecule has 0 aromatic heterocycles. The molecule has 0 fully saturated rings. The molecular formula is C42H54ClN2O8S2+. The molecule has 13 heteroatoms. The maximum absolute atomic E-state index is 12.2. The molecule has 55 heavy (non-hydrogen) atoms. The van der Waals surface area contributed by atoms with Crippen LogP contribution in [0.25, 0.3) is 0 Å². The summed E-state index contributed by atoms with van der Waals surface area (Å²) in [5.74, 6) is -0.825. The first kappa shape index (κ1) is 42.6. The fourth-order valence-electron chi connectivity index (χ4n) is 8.32. The predicted octanol–water partition coefficient (Wildman–Crippen LogP) is 9.46. The van der Waals surface area contributed by atoms with Gasteiger partial charge in [0.2, 0.25) is 5.69 Å². The Balaban J connectivity index is 1.54. The molecule has 2 aliphatic heterocycles. The van der Waals surface area contributed by atoms with Crippen LogP contribution in [0.2, 0.25) is 0 Å². The van der Waals surface area contributed by atoms with Gasteiger partial charge in [-0.3, -0.25) is 13.9 Å². The van der Waals surface area contributed by atoms with E-state index in [1.54, 1.807) is 12.1 Å². The largest absolute Gasteiger partial charge is 0.481 e. The van der Waals surface area contributed by atoms with E-state index < -0.39 is 37.0 Å². The predicted molar refractivity (Wildman–Crippen MR) is 218 cm³/mol. The van der Waals surface area contributed by atoms with Gasteiger partial charge in [0.15, 0.2) is 5.71 Å². The normalized spacial score (nSPS) is 19.6. The van der Waals surface area contributed by atoms with Crippen LogP contribution in [-0.4, -0.2) is 60.4 Å². The van der Waals surface area contributed by atoms with Crippen LogP contribution in [0.1, 0.15) is 115 Å². The SMILES string of the molecule is CCCCN1C(=CC=C2CCCC(C=CC3=[N+](CCCCCC(=O)O)c4c(C)cc(S(=O)(=O)O)cc4C3(C)C)=C2Cl)C(C)(C)c2cc(S(=O)(=O)O)cc(C)c21. The standard InChI is InChI=1S/C42H53ClN2O8S2/c1-8-9-21-44-35(41(4,5)33-25-31(54(48,49)50)23-27(2)39(33)44)19-17-29-14-13-15-30(38(29)43)18-20-36-42(6,7)34-26-32(55(51,52)53)24-28(3)40(34)45(36)22-12-10-11-16-37(46)47/h17-20,23-26H,8-16,21-22H2,1-7H3,(H2-,46,47,48,49,50,51,52,53)/p+1. The number of anilines is 1. The summed E-state index contributed by atoms with van der Waals surface area (Å²) in [7, 11) is -8.82. The molecule has 0 unspecified atom stereocenters. The van der Waals surface area contributed by atoms with Crippen molar-refractivity contribution in [2.45, 2.75) is 127 Å². The third kappa shape index (κ3) is 8.73. The van der Waals surface area contributed by atoms with Gasteiger partial charge in [-0.05, 0) is 119 Å². The number of aliphatic carboxylic acids is 1. The second-order valence-electron chi connectivity index (χ2n) is 16.0. The van der Waals surface area contributed by atoms with Gasteiger partial charge in [0, 0.05) is 58.4 Å². The van der Waals surface area contributed by atoms with Crippen molar-refractivity contribution in [2.24, 2.45) is 0 Å². The van der Waals surface area contributed by atoms with E-state index in [1.807, 2.05) is 33.8 Å². The van der Waals surface area contributed by atoms with E-state index in [4.69, 9.17) is 16.7 Å². The summed E-state index contributed by atoms with van der Waals surface area (Å²) >= 11 is 7.19. The molecule has 298 valence electrons.